The molecular weight excluding hydrogens is 262 g/mol. The van der Waals surface area contributed by atoms with E-state index in [1.807, 2.05) is 0 Å². The van der Waals surface area contributed by atoms with Gasteiger partial charge in [0.15, 0.2) is 0 Å². The molecule has 1 heterocycles. The lowest BCUT2D eigenvalue weighted by atomic mass is 10.4. The molecule has 0 aliphatic carbocycles. The molecule has 0 aromatic carbocycles. The van der Waals surface area contributed by atoms with Gasteiger partial charge in [0.1, 0.15) is 10.6 Å². The average molecular weight is 273 g/mol. The zero-order chi connectivity index (χ0) is 12.7. The Bertz CT molecular complexity index is 502. The molecule has 0 saturated heterocycles. The van der Waals surface area contributed by atoms with E-state index in [0.717, 1.165) is 11.3 Å². The Hall–Kier alpha value is -1.43. The van der Waals surface area contributed by atoms with Crippen molar-refractivity contribution in [3.8, 4) is 6.07 Å². The van der Waals surface area contributed by atoms with E-state index in [9.17, 15) is 13.2 Å². The zero-order valence-corrected chi connectivity index (χ0v) is 10.5. The van der Waals surface area contributed by atoms with E-state index >= 15 is 0 Å². The normalized spacial score (nSPS) is 10.8. The lowest BCUT2D eigenvalue weighted by molar-refractivity contribution is -0.120. The Labute approximate surface area is 103 Å². The molecule has 0 aliphatic rings. The third-order valence-electron chi connectivity index (χ3n) is 1.74. The van der Waals surface area contributed by atoms with Gasteiger partial charge in [-0.25, -0.2) is 13.1 Å². The van der Waals surface area contributed by atoms with Gasteiger partial charge in [0.05, 0.1) is 6.07 Å². The van der Waals surface area contributed by atoms with Crippen molar-refractivity contribution >= 4 is 27.3 Å². The molecule has 92 valence electrons. The van der Waals surface area contributed by atoms with Gasteiger partial charge in [-0.05, 0) is 11.4 Å². The lowest BCUT2D eigenvalue weighted by Crippen LogP contribution is -2.34. The minimum atomic E-state index is -3.47. The van der Waals surface area contributed by atoms with Crippen LogP contribution in [-0.4, -0.2) is 27.4 Å². The summed E-state index contributed by atoms with van der Waals surface area (Å²) in [5.41, 5.74) is 0. The first kappa shape index (κ1) is 13.6. The predicted molar refractivity (Wildman–Crippen MR) is 62.7 cm³/mol. The second-order valence-electron chi connectivity index (χ2n) is 3.01. The van der Waals surface area contributed by atoms with Crippen LogP contribution in [-0.2, 0) is 14.8 Å². The van der Waals surface area contributed by atoms with E-state index in [2.05, 4.69) is 10.0 Å². The summed E-state index contributed by atoms with van der Waals surface area (Å²) in [5.74, 6) is -0.414. The minimum Gasteiger partial charge on any atom is -0.354 e. The van der Waals surface area contributed by atoms with E-state index in [1.54, 1.807) is 17.5 Å². The monoisotopic (exact) mass is 273 g/mol. The number of nitriles is 1. The molecule has 0 aliphatic heterocycles. The molecule has 1 aromatic heterocycles. The van der Waals surface area contributed by atoms with Crippen LogP contribution in [0.15, 0.2) is 21.7 Å². The summed E-state index contributed by atoms with van der Waals surface area (Å²) >= 11 is 1.12. The largest absolute Gasteiger partial charge is 0.354 e. The number of thiophene rings is 1. The van der Waals surface area contributed by atoms with Gasteiger partial charge < -0.3 is 5.32 Å². The number of hydrogen-bond donors (Lipinski definition) is 2. The Morgan fingerprint density at radius 1 is 1.47 bits per heavy atom. The highest BCUT2D eigenvalue weighted by molar-refractivity contribution is 7.91. The molecule has 0 unspecified atom stereocenters. The van der Waals surface area contributed by atoms with Crippen molar-refractivity contribution in [1.29, 1.82) is 5.26 Å². The fourth-order valence-electron chi connectivity index (χ4n) is 1.01. The average Bonchev–Trinajstić information content (AvgIpc) is 2.79. The van der Waals surface area contributed by atoms with Crippen molar-refractivity contribution in [3.05, 3.63) is 17.5 Å². The van der Waals surface area contributed by atoms with Crippen LogP contribution in [0.4, 0.5) is 0 Å². The number of carbonyl (C=O) groups is 1. The first-order valence-electron chi connectivity index (χ1n) is 4.73. The van der Waals surface area contributed by atoms with Gasteiger partial charge >= 0.3 is 0 Å². The summed E-state index contributed by atoms with van der Waals surface area (Å²) in [7, 11) is -3.47. The summed E-state index contributed by atoms with van der Waals surface area (Å²) in [6, 6.07) is 4.85. The Morgan fingerprint density at radius 3 is 2.82 bits per heavy atom. The fourth-order valence-corrected chi connectivity index (χ4v) is 3.08. The van der Waals surface area contributed by atoms with E-state index in [1.165, 1.54) is 6.07 Å². The number of nitrogens with zero attached hydrogens (tertiary/aromatic N) is 1. The molecule has 17 heavy (non-hydrogen) atoms. The van der Waals surface area contributed by atoms with E-state index < -0.39 is 15.9 Å². The minimum absolute atomic E-state index is 0.0946. The molecule has 8 heteroatoms. The molecular formula is C9H11N3O3S2. The molecule has 0 saturated carbocycles. The summed E-state index contributed by atoms with van der Waals surface area (Å²) in [6.07, 6.45) is -0.225. The summed E-state index contributed by atoms with van der Waals surface area (Å²) in [4.78, 5) is 10.9. The maximum atomic E-state index is 11.6. The Morgan fingerprint density at radius 2 is 2.24 bits per heavy atom. The Balaban J connectivity index is 2.33. The van der Waals surface area contributed by atoms with Crippen LogP contribution in [0.5, 0.6) is 0 Å². The van der Waals surface area contributed by atoms with Gasteiger partial charge in [-0.3, -0.25) is 4.79 Å². The summed E-state index contributed by atoms with van der Waals surface area (Å²) < 4.78 is 25.8. The van der Waals surface area contributed by atoms with Crippen LogP contribution in [0.1, 0.15) is 6.42 Å². The third kappa shape index (κ3) is 4.52. The zero-order valence-electron chi connectivity index (χ0n) is 8.84. The summed E-state index contributed by atoms with van der Waals surface area (Å²) in [6.45, 7) is 0.253. The number of amides is 1. The standard InChI is InChI=1S/C9H11N3O3S2/c10-4-3-8(13)11-5-6-12-17(14,15)9-2-1-7-16-9/h1-2,7,12H,3,5-6H2,(H,11,13). The van der Waals surface area contributed by atoms with Crippen molar-refractivity contribution in [2.45, 2.75) is 10.6 Å². The lowest BCUT2D eigenvalue weighted by Gasteiger charge is -2.05. The molecule has 0 bridgehead atoms. The number of sulfonamides is 1. The third-order valence-corrected chi connectivity index (χ3v) is 4.60. The van der Waals surface area contributed by atoms with Crippen LogP contribution in [0.25, 0.3) is 0 Å². The first-order valence-corrected chi connectivity index (χ1v) is 7.09. The van der Waals surface area contributed by atoms with Crippen LogP contribution >= 0.6 is 11.3 Å². The molecule has 0 fully saturated rings. The van der Waals surface area contributed by atoms with Gasteiger partial charge in [0.2, 0.25) is 15.9 Å². The van der Waals surface area contributed by atoms with Gasteiger partial charge in [-0.2, -0.15) is 5.26 Å². The van der Waals surface area contributed by atoms with Crippen LogP contribution in [0, 0.1) is 11.3 Å². The molecule has 1 amide bonds. The van der Waals surface area contributed by atoms with E-state index in [-0.39, 0.29) is 23.7 Å². The van der Waals surface area contributed by atoms with Gasteiger partial charge in [0, 0.05) is 13.1 Å². The second-order valence-corrected chi connectivity index (χ2v) is 5.96. The molecule has 2 N–H and O–H groups in total. The van der Waals surface area contributed by atoms with Crippen molar-refractivity contribution in [2.75, 3.05) is 13.1 Å². The number of nitrogens with one attached hydrogen (secondary N) is 2. The number of hydrogen-bond acceptors (Lipinski definition) is 5. The molecule has 6 nitrogen and oxygen atoms in total. The van der Waals surface area contributed by atoms with Crippen LogP contribution in [0.3, 0.4) is 0 Å². The maximum absolute atomic E-state index is 11.6. The highest BCUT2D eigenvalue weighted by Gasteiger charge is 2.13. The molecule has 1 aromatic rings. The maximum Gasteiger partial charge on any atom is 0.250 e. The highest BCUT2D eigenvalue weighted by atomic mass is 32.2. The topological polar surface area (TPSA) is 99.1 Å². The SMILES string of the molecule is N#CCC(=O)NCCNS(=O)(=O)c1cccs1. The van der Waals surface area contributed by atoms with Crippen LogP contribution in [0.2, 0.25) is 0 Å². The molecule has 0 radical (unpaired) electrons. The highest BCUT2D eigenvalue weighted by Crippen LogP contribution is 2.14. The van der Waals surface area contributed by atoms with Crippen LogP contribution < -0.4 is 10.0 Å². The molecule has 0 atom stereocenters. The second kappa shape index (κ2) is 6.34. The van der Waals surface area contributed by atoms with Gasteiger partial charge in [0.25, 0.3) is 0 Å². The van der Waals surface area contributed by atoms with Crippen molar-refractivity contribution < 1.29 is 13.2 Å². The fraction of sp³-hybridized carbons (Fsp3) is 0.333. The van der Waals surface area contributed by atoms with E-state index in [4.69, 9.17) is 5.26 Å². The molecule has 1 rings (SSSR count). The first-order chi connectivity index (χ1) is 8.06. The van der Waals surface area contributed by atoms with Gasteiger partial charge in [-0.15, -0.1) is 11.3 Å². The van der Waals surface area contributed by atoms with Crippen molar-refractivity contribution in [2.24, 2.45) is 0 Å². The predicted octanol–water partition coefficient (Wildman–Crippen LogP) is 0.0563. The van der Waals surface area contributed by atoms with Crippen molar-refractivity contribution in [3.63, 3.8) is 0 Å². The quantitative estimate of drug-likeness (QED) is 0.716. The Kier molecular flexibility index (Phi) is 5.09. The number of carbonyl (C=O) groups excluding carboxylic acids is 1. The van der Waals surface area contributed by atoms with Gasteiger partial charge in [-0.1, -0.05) is 6.07 Å². The van der Waals surface area contributed by atoms with Crippen molar-refractivity contribution in [1.82, 2.24) is 10.0 Å². The van der Waals surface area contributed by atoms with E-state index in [0.29, 0.717) is 0 Å². The molecule has 0 spiro atoms. The smallest absolute Gasteiger partial charge is 0.250 e. The summed E-state index contributed by atoms with van der Waals surface area (Å²) in [5, 5.41) is 12.3. The number of rotatable bonds is 6.